The molecule has 9 aliphatic rings. The van der Waals surface area contributed by atoms with E-state index in [0.717, 1.165) is 56.3 Å². The van der Waals surface area contributed by atoms with Crippen molar-refractivity contribution in [2.45, 2.75) is 112 Å². The first kappa shape index (κ1) is 52.8. The van der Waals surface area contributed by atoms with Gasteiger partial charge in [-0.25, -0.2) is 0 Å². The van der Waals surface area contributed by atoms with Crippen LogP contribution in [0.25, 0.3) is 5.57 Å². The van der Waals surface area contributed by atoms with E-state index < -0.39 is 0 Å². The second kappa shape index (κ2) is 24.2. The van der Waals surface area contributed by atoms with Crippen LogP contribution in [0.5, 0.6) is 0 Å². The molecule has 0 saturated heterocycles. The quantitative estimate of drug-likeness (QED) is 0.133. The molecule has 0 amide bonds. The summed E-state index contributed by atoms with van der Waals surface area (Å²) in [7, 11) is 0. The maximum atomic E-state index is 2.46. The van der Waals surface area contributed by atoms with E-state index in [0.29, 0.717) is 17.8 Å². The number of aryl methyl sites for hydroxylation is 4. The second-order valence-corrected chi connectivity index (χ2v) is 23.6. The third kappa shape index (κ3) is 11.9. The van der Waals surface area contributed by atoms with Crippen molar-refractivity contribution in [3.8, 4) is 0 Å². The molecule has 4 aromatic rings. The average Bonchev–Trinajstić information content (AvgIpc) is 4.38. The Labute approximate surface area is 468 Å². The van der Waals surface area contributed by atoms with Gasteiger partial charge >= 0.3 is 0 Å². The highest BCUT2D eigenvalue weighted by molar-refractivity contribution is 5.79. The molecule has 0 heterocycles. The first-order valence-corrected chi connectivity index (χ1v) is 29.6. The Balaban J connectivity index is 0.000000126. The van der Waals surface area contributed by atoms with Crippen molar-refractivity contribution in [1.82, 2.24) is 0 Å². The summed E-state index contributed by atoms with van der Waals surface area (Å²) in [5.41, 5.74) is 28.6. The molecular weight excluding hydrogens is 937 g/mol. The van der Waals surface area contributed by atoms with E-state index in [4.69, 9.17) is 0 Å². The lowest BCUT2D eigenvalue weighted by atomic mass is 9.74. The Kier molecular flexibility index (Phi) is 16.3. The molecule has 0 nitrogen and oxygen atoms in total. The van der Waals surface area contributed by atoms with Gasteiger partial charge in [-0.2, -0.15) is 0 Å². The summed E-state index contributed by atoms with van der Waals surface area (Å²) < 4.78 is 0. The predicted molar refractivity (Wildman–Crippen MR) is 334 cm³/mol. The highest BCUT2D eigenvalue weighted by Crippen LogP contribution is 2.45. The minimum atomic E-state index is 0.401. The summed E-state index contributed by atoms with van der Waals surface area (Å²) in [4.78, 5) is 0. The van der Waals surface area contributed by atoms with Crippen LogP contribution in [0.15, 0.2) is 274 Å². The van der Waals surface area contributed by atoms with Crippen LogP contribution in [0.3, 0.4) is 0 Å². The molecule has 9 aliphatic carbocycles. The molecule has 1 saturated carbocycles. The Morgan fingerprint density at radius 2 is 0.872 bits per heavy atom. The van der Waals surface area contributed by atoms with Crippen LogP contribution in [-0.4, -0.2) is 0 Å². The zero-order chi connectivity index (χ0) is 53.5. The molecule has 0 bridgehead atoms. The lowest BCUT2D eigenvalue weighted by molar-refractivity contribution is 0.258. The molecule has 3 unspecified atom stereocenters. The zero-order valence-corrected chi connectivity index (χ0v) is 47.3. The van der Waals surface area contributed by atoms with Gasteiger partial charge in [0.1, 0.15) is 0 Å². The van der Waals surface area contributed by atoms with E-state index in [1.807, 2.05) is 0 Å². The number of fused-ring (bicyclic) bond motifs is 3. The molecular formula is C78H80. The van der Waals surface area contributed by atoms with Crippen molar-refractivity contribution in [2.75, 3.05) is 0 Å². The molecule has 392 valence electrons. The van der Waals surface area contributed by atoms with E-state index in [1.165, 1.54) is 131 Å². The fourth-order valence-corrected chi connectivity index (χ4v) is 13.4. The highest BCUT2D eigenvalue weighted by atomic mass is 14.3. The standard InChI is InChI=1S/C31H36.C25H24.C22H20/c1-21(2)24-12-14-26(15-13-24)28-17-11-23(19-22(28)3)20-27-16-18-30(25-7-4-5-8-25)31-10-6-9-29(27)31;1-3-19-11-13-21(14-12-19)24-16-15-22(23-5-4-6-25(23)24)17-20-9-7-18(2)8-10-20;1-16-9-11-17(12-10-16)15-19-13-14-21(18-5-2-3-6-18)22-8-4-7-20(19)22/h4,6-11,16-19,21,24,26,31H,5,12-15,20H2,1-3H3;4-16,25H,3,17H2,1-2H3;2,4-14,22H,3,15H2,1H3. The predicted octanol–water partition coefficient (Wildman–Crippen LogP) is 20.0. The van der Waals surface area contributed by atoms with E-state index in [9.17, 15) is 0 Å². The first-order chi connectivity index (χ1) is 38.1. The Hall–Kier alpha value is -7.28. The molecule has 1 fully saturated rings. The zero-order valence-electron chi connectivity index (χ0n) is 47.3. The van der Waals surface area contributed by atoms with Gasteiger partial charge in [-0.05, 0) is 203 Å². The van der Waals surface area contributed by atoms with Crippen LogP contribution >= 0.6 is 0 Å². The van der Waals surface area contributed by atoms with E-state index in [2.05, 4.69) is 260 Å². The van der Waals surface area contributed by atoms with Gasteiger partial charge in [0.05, 0.1) is 0 Å². The summed E-state index contributed by atoms with van der Waals surface area (Å²) in [5.74, 6) is 3.82. The van der Waals surface area contributed by atoms with E-state index in [1.54, 1.807) is 5.56 Å². The molecule has 0 radical (unpaired) electrons. The second-order valence-electron chi connectivity index (χ2n) is 23.6. The van der Waals surface area contributed by atoms with Gasteiger partial charge in [0.2, 0.25) is 0 Å². The largest absolute Gasteiger partial charge is 0.0801 e. The third-order valence-electron chi connectivity index (χ3n) is 18.1. The normalized spacial score (nSPS) is 23.0. The maximum absolute atomic E-state index is 2.46. The number of hydrogen-bond donors (Lipinski definition) is 0. The van der Waals surface area contributed by atoms with E-state index in [-0.39, 0.29) is 0 Å². The fraction of sp³-hybridized carbons (Fsp3) is 0.282. The van der Waals surface area contributed by atoms with Gasteiger partial charge in [-0.3, -0.25) is 0 Å². The molecule has 0 aromatic heterocycles. The van der Waals surface area contributed by atoms with Crippen molar-refractivity contribution in [1.29, 1.82) is 0 Å². The molecule has 78 heavy (non-hydrogen) atoms. The Bertz CT molecular complexity index is 3410. The van der Waals surface area contributed by atoms with Gasteiger partial charge in [0, 0.05) is 17.8 Å². The number of allylic oxidation sites excluding steroid dienone is 32. The van der Waals surface area contributed by atoms with Gasteiger partial charge in [0.25, 0.3) is 0 Å². The average molecular weight is 1020 g/mol. The van der Waals surface area contributed by atoms with Crippen molar-refractivity contribution in [2.24, 2.45) is 29.6 Å². The Morgan fingerprint density at radius 3 is 1.31 bits per heavy atom. The molecule has 0 aliphatic heterocycles. The smallest absolute Gasteiger partial charge is 0.0281 e. The van der Waals surface area contributed by atoms with Crippen LogP contribution in [0, 0.1) is 50.4 Å². The number of hydrogen-bond acceptors (Lipinski definition) is 0. The fourth-order valence-electron chi connectivity index (χ4n) is 13.4. The molecule has 4 aromatic carbocycles. The SMILES string of the molecule is CCc1ccc(C2=CC=C(Cc3ccc(C)cc3)C3=CC=CC32)cc1.Cc1cc(CC2=CC=C(C3=CCC=C3)C3C=CC=C23)ccc1C1CCC(C(C)C)CC1.Cc1ccc(CC2=CC=C(C3=CCC=C3)C3C=CC=C23)cc1. The maximum Gasteiger partial charge on any atom is 0.0281 e. The Morgan fingerprint density at radius 1 is 0.436 bits per heavy atom. The summed E-state index contributed by atoms with van der Waals surface area (Å²) in [6, 6.07) is 34.2. The topological polar surface area (TPSA) is 0 Å². The molecule has 0 N–H and O–H groups in total. The summed E-state index contributed by atoms with van der Waals surface area (Å²) in [6.45, 7) is 13.6. The minimum absolute atomic E-state index is 0.401. The molecule has 13 rings (SSSR count). The molecule has 3 atom stereocenters. The minimum Gasteiger partial charge on any atom is -0.0801 e. The van der Waals surface area contributed by atoms with Gasteiger partial charge < -0.3 is 0 Å². The molecule has 0 spiro atoms. The summed E-state index contributed by atoms with van der Waals surface area (Å²) in [5, 5.41) is 0. The van der Waals surface area contributed by atoms with Crippen molar-refractivity contribution < 1.29 is 0 Å². The van der Waals surface area contributed by atoms with Gasteiger partial charge in [0.15, 0.2) is 0 Å². The van der Waals surface area contributed by atoms with Crippen LogP contribution < -0.4 is 0 Å². The first-order valence-electron chi connectivity index (χ1n) is 29.6. The van der Waals surface area contributed by atoms with Crippen LogP contribution in [0.1, 0.15) is 115 Å². The van der Waals surface area contributed by atoms with E-state index >= 15 is 0 Å². The summed E-state index contributed by atoms with van der Waals surface area (Å²) in [6.07, 6.45) is 60.2. The van der Waals surface area contributed by atoms with Crippen LogP contribution in [0.4, 0.5) is 0 Å². The number of benzene rings is 4. The van der Waals surface area contributed by atoms with Crippen LogP contribution in [0.2, 0.25) is 0 Å². The molecule has 0 heteroatoms. The van der Waals surface area contributed by atoms with Gasteiger partial charge in [-0.1, -0.05) is 250 Å². The lowest BCUT2D eigenvalue weighted by Crippen LogP contribution is -2.18. The highest BCUT2D eigenvalue weighted by Gasteiger charge is 2.30. The van der Waals surface area contributed by atoms with Gasteiger partial charge in [-0.15, -0.1) is 0 Å². The van der Waals surface area contributed by atoms with Crippen molar-refractivity contribution >= 4 is 5.57 Å². The van der Waals surface area contributed by atoms with Crippen molar-refractivity contribution in [3.05, 3.63) is 324 Å². The number of rotatable bonds is 12. The lowest BCUT2D eigenvalue weighted by Gasteiger charge is -2.32. The third-order valence-corrected chi connectivity index (χ3v) is 18.1. The monoisotopic (exact) mass is 1020 g/mol. The van der Waals surface area contributed by atoms with Crippen molar-refractivity contribution in [3.63, 3.8) is 0 Å². The van der Waals surface area contributed by atoms with Crippen LogP contribution in [-0.2, 0) is 25.7 Å². The summed E-state index contributed by atoms with van der Waals surface area (Å²) >= 11 is 0.